The summed E-state index contributed by atoms with van der Waals surface area (Å²) in [4.78, 5) is 4.68. The zero-order valence-corrected chi connectivity index (χ0v) is 12.8. The Morgan fingerprint density at radius 3 is 2.95 bits per heavy atom. The quantitative estimate of drug-likeness (QED) is 0.775. The molecule has 0 bridgehead atoms. The Morgan fingerprint density at radius 2 is 2.10 bits per heavy atom. The molecule has 0 saturated carbocycles. The highest BCUT2D eigenvalue weighted by Gasteiger charge is 2.37. The SMILES string of the molecule is Cc1ccc2c(c1)C(O)(Cc1nc3ccccc3s1)CC2. The van der Waals surface area contributed by atoms with Crippen molar-refractivity contribution in [2.24, 2.45) is 0 Å². The molecule has 106 valence electrons. The molecule has 21 heavy (non-hydrogen) atoms. The van der Waals surface area contributed by atoms with Gasteiger partial charge in [-0.1, -0.05) is 35.9 Å². The standard InChI is InChI=1S/C18H17NOS/c1-12-6-7-13-8-9-18(20,14(13)10-12)11-17-19-15-4-2-3-5-16(15)21-17/h2-7,10,20H,8-9,11H2,1H3. The molecular weight excluding hydrogens is 278 g/mol. The maximum absolute atomic E-state index is 11.1. The van der Waals surface area contributed by atoms with Crippen LogP contribution in [-0.4, -0.2) is 10.1 Å². The van der Waals surface area contributed by atoms with E-state index < -0.39 is 5.60 Å². The number of benzene rings is 2. The lowest BCUT2D eigenvalue weighted by Crippen LogP contribution is -2.25. The van der Waals surface area contributed by atoms with Gasteiger partial charge < -0.3 is 5.11 Å². The van der Waals surface area contributed by atoms with Gasteiger partial charge in [0.1, 0.15) is 0 Å². The zero-order chi connectivity index (χ0) is 14.4. The summed E-state index contributed by atoms with van der Waals surface area (Å²) < 4.78 is 1.19. The van der Waals surface area contributed by atoms with Gasteiger partial charge in [0.05, 0.1) is 20.8 Å². The summed E-state index contributed by atoms with van der Waals surface area (Å²) in [7, 11) is 0. The Kier molecular flexibility index (Phi) is 2.88. The largest absolute Gasteiger partial charge is 0.385 e. The first-order chi connectivity index (χ1) is 10.1. The Morgan fingerprint density at radius 1 is 1.24 bits per heavy atom. The minimum Gasteiger partial charge on any atom is -0.385 e. The molecule has 0 spiro atoms. The van der Waals surface area contributed by atoms with Crippen LogP contribution in [0.15, 0.2) is 42.5 Å². The number of hydrogen-bond donors (Lipinski definition) is 1. The van der Waals surface area contributed by atoms with Crippen LogP contribution in [0, 0.1) is 6.92 Å². The highest BCUT2D eigenvalue weighted by molar-refractivity contribution is 7.18. The van der Waals surface area contributed by atoms with Gasteiger partial charge in [0, 0.05) is 6.42 Å². The van der Waals surface area contributed by atoms with Crippen molar-refractivity contribution in [3.63, 3.8) is 0 Å². The lowest BCUT2D eigenvalue weighted by molar-refractivity contribution is 0.0389. The molecule has 0 aliphatic heterocycles. The number of rotatable bonds is 2. The summed E-state index contributed by atoms with van der Waals surface area (Å²) in [6, 6.07) is 14.6. The smallest absolute Gasteiger partial charge is 0.0970 e. The van der Waals surface area contributed by atoms with Crippen LogP contribution in [0.4, 0.5) is 0 Å². The molecule has 1 aliphatic carbocycles. The van der Waals surface area contributed by atoms with E-state index in [1.54, 1.807) is 11.3 Å². The molecule has 0 radical (unpaired) electrons. The van der Waals surface area contributed by atoms with Crippen LogP contribution in [0.5, 0.6) is 0 Å². The van der Waals surface area contributed by atoms with Crippen molar-refractivity contribution in [1.82, 2.24) is 4.98 Å². The van der Waals surface area contributed by atoms with Gasteiger partial charge in [-0.2, -0.15) is 0 Å². The fourth-order valence-electron chi connectivity index (χ4n) is 3.25. The van der Waals surface area contributed by atoms with Crippen molar-refractivity contribution < 1.29 is 5.11 Å². The molecular formula is C18H17NOS. The summed E-state index contributed by atoms with van der Waals surface area (Å²) in [6.07, 6.45) is 2.36. The van der Waals surface area contributed by atoms with E-state index in [0.29, 0.717) is 6.42 Å². The van der Waals surface area contributed by atoms with Crippen LogP contribution in [0.2, 0.25) is 0 Å². The average Bonchev–Trinajstić information content (AvgIpc) is 3.00. The molecule has 0 saturated heterocycles. The zero-order valence-electron chi connectivity index (χ0n) is 12.0. The van der Waals surface area contributed by atoms with Crippen LogP contribution in [0.3, 0.4) is 0 Å². The first-order valence-electron chi connectivity index (χ1n) is 7.31. The normalized spacial score (nSPS) is 20.9. The lowest BCUT2D eigenvalue weighted by Gasteiger charge is -2.23. The summed E-state index contributed by atoms with van der Waals surface area (Å²) in [5.74, 6) is 0. The minimum atomic E-state index is -0.755. The number of aliphatic hydroxyl groups is 1. The Bertz CT molecular complexity index is 790. The molecule has 3 aromatic rings. The predicted octanol–water partition coefficient (Wildman–Crippen LogP) is 3.98. The van der Waals surface area contributed by atoms with E-state index in [1.807, 2.05) is 18.2 Å². The van der Waals surface area contributed by atoms with Crippen molar-refractivity contribution in [2.75, 3.05) is 0 Å². The number of para-hydroxylation sites is 1. The van der Waals surface area contributed by atoms with E-state index in [2.05, 4.69) is 36.2 Å². The number of thiazole rings is 1. The molecule has 1 aliphatic rings. The van der Waals surface area contributed by atoms with E-state index in [1.165, 1.54) is 15.8 Å². The minimum absolute atomic E-state index is 0.614. The van der Waals surface area contributed by atoms with E-state index >= 15 is 0 Å². The topological polar surface area (TPSA) is 33.1 Å². The summed E-state index contributed by atoms with van der Waals surface area (Å²) in [5.41, 5.74) is 3.86. The van der Waals surface area contributed by atoms with E-state index in [4.69, 9.17) is 0 Å². The van der Waals surface area contributed by atoms with Gasteiger partial charge in [-0.05, 0) is 43.0 Å². The van der Waals surface area contributed by atoms with Gasteiger partial charge >= 0.3 is 0 Å². The molecule has 1 aromatic heterocycles. The van der Waals surface area contributed by atoms with Gasteiger partial charge in [0.25, 0.3) is 0 Å². The van der Waals surface area contributed by atoms with Crippen LogP contribution in [0.25, 0.3) is 10.2 Å². The number of nitrogens with zero attached hydrogens (tertiary/aromatic N) is 1. The maximum atomic E-state index is 11.1. The molecule has 0 fully saturated rings. The molecule has 1 heterocycles. The van der Waals surface area contributed by atoms with E-state index in [-0.39, 0.29) is 0 Å². The third-order valence-electron chi connectivity index (χ3n) is 4.36. The Hall–Kier alpha value is -1.71. The highest BCUT2D eigenvalue weighted by atomic mass is 32.1. The third-order valence-corrected chi connectivity index (χ3v) is 5.39. The van der Waals surface area contributed by atoms with Crippen molar-refractivity contribution >= 4 is 21.6 Å². The summed E-state index contributed by atoms with van der Waals surface area (Å²) in [5, 5.41) is 12.1. The second-order valence-corrected chi connectivity index (χ2v) is 7.06. The van der Waals surface area contributed by atoms with Gasteiger partial charge in [-0.3, -0.25) is 0 Å². The summed E-state index contributed by atoms with van der Waals surface area (Å²) >= 11 is 1.69. The number of hydrogen-bond acceptors (Lipinski definition) is 3. The maximum Gasteiger partial charge on any atom is 0.0970 e. The van der Waals surface area contributed by atoms with Crippen LogP contribution >= 0.6 is 11.3 Å². The number of aromatic nitrogens is 1. The fourth-order valence-corrected chi connectivity index (χ4v) is 4.32. The van der Waals surface area contributed by atoms with E-state index in [0.717, 1.165) is 28.9 Å². The summed E-state index contributed by atoms with van der Waals surface area (Å²) in [6.45, 7) is 2.08. The molecule has 1 unspecified atom stereocenters. The molecule has 1 atom stereocenters. The number of aryl methyl sites for hydroxylation is 2. The first kappa shape index (κ1) is 13.0. The fraction of sp³-hybridized carbons (Fsp3) is 0.278. The van der Waals surface area contributed by atoms with Gasteiger partial charge in [-0.25, -0.2) is 4.98 Å². The Balaban J connectivity index is 1.73. The second-order valence-electron chi connectivity index (χ2n) is 5.94. The lowest BCUT2D eigenvalue weighted by atomic mass is 9.91. The first-order valence-corrected chi connectivity index (χ1v) is 8.13. The van der Waals surface area contributed by atoms with Crippen molar-refractivity contribution in [3.05, 3.63) is 64.2 Å². The molecule has 2 aromatic carbocycles. The predicted molar refractivity (Wildman–Crippen MR) is 86.7 cm³/mol. The molecule has 2 nitrogen and oxygen atoms in total. The van der Waals surface area contributed by atoms with Crippen LogP contribution in [0.1, 0.15) is 28.1 Å². The average molecular weight is 295 g/mol. The molecule has 4 rings (SSSR count). The Labute approximate surface area is 128 Å². The van der Waals surface area contributed by atoms with Crippen molar-refractivity contribution in [2.45, 2.75) is 31.8 Å². The monoisotopic (exact) mass is 295 g/mol. The third kappa shape index (κ3) is 2.17. The van der Waals surface area contributed by atoms with Crippen molar-refractivity contribution in [3.8, 4) is 0 Å². The van der Waals surface area contributed by atoms with Gasteiger partial charge in [0.2, 0.25) is 0 Å². The number of fused-ring (bicyclic) bond motifs is 2. The van der Waals surface area contributed by atoms with Crippen LogP contribution in [-0.2, 0) is 18.4 Å². The van der Waals surface area contributed by atoms with Gasteiger partial charge in [-0.15, -0.1) is 11.3 Å². The highest BCUT2D eigenvalue weighted by Crippen LogP contribution is 2.40. The second kappa shape index (κ2) is 4.65. The van der Waals surface area contributed by atoms with Crippen LogP contribution < -0.4 is 0 Å². The van der Waals surface area contributed by atoms with E-state index in [9.17, 15) is 5.11 Å². The molecule has 0 amide bonds. The molecule has 3 heteroatoms. The van der Waals surface area contributed by atoms with Gasteiger partial charge in [0.15, 0.2) is 0 Å². The van der Waals surface area contributed by atoms with Crippen molar-refractivity contribution in [1.29, 1.82) is 0 Å². The molecule has 1 N–H and O–H groups in total.